The monoisotopic (exact) mass is 368 g/mol. The van der Waals surface area contributed by atoms with E-state index in [0.29, 0.717) is 17.5 Å². The maximum Gasteiger partial charge on any atom is 0.308 e. The molecule has 2 amide bonds. The molecule has 0 aromatic heterocycles. The standard InChI is InChI=1S/C21H24N2O4/c1-14-5-4-6-15(11-14)12-18(21(26)27)13-22-19(24)16-7-9-17(10-8-16)20(25)23(2)3/h4-11,18H,12-13H2,1-3H3,(H,22,24)(H,26,27). The van der Waals surface area contributed by atoms with Gasteiger partial charge in [-0.2, -0.15) is 0 Å². The quantitative estimate of drug-likeness (QED) is 0.786. The Morgan fingerprint density at radius 3 is 2.22 bits per heavy atom. The minimum atomic E-state index is -0.955. The average molecular weight is 368 g/mol. The third-order valence-electron chi connectivity index (χ3n) is 4.22. The van der Waals surface area contributed by atoms with Gasteiger partial charge in [0.15, 0.2) is 0 Å². The van der Waals surface area contributed by atoms with Crippen LogP contribution >= 0.6 is 0 Å². The summed E-state index contributed by atoms with van der Waals surface area (Å²) in [5, 5.41) is 12.1. The molecule has 2 rings (SSSR count). The second kappa shape index (κ2) is 8.98. The molecule has 2 N–H and O–H groups in total. The van der Waals surface area contributed by atoms with E-state index in [0.717, 1.165) is 11.1 Å². The largest absolute Gasteiger partial charge is 0.481 e. The van der Waals surface area contributed by atoms with Crippen LogP contribution < -0.4 is 5.32 Å². The minimum absolute atomic E-state index is 0.0283. The van der Waals surface area contributed by atoms with Crippen LogP contribution in [0.4, 0.5) is 0 Å². The van der Waals surface area contributed by atoms with Crippen LogP contribution in [0.15, 0.2) is 48.5 Å². The summed E-state index contributed by atoms with van der Waals surface area (Å²) in [5.74, 6) is -2.19. The zero-order valence-electron chi connectivity index (χ0n) is 15.7. The molecule has 0 aliphatic heterocycles. The maximum absolute atomic E-state index is 12.3. The Hall–Kier alpha value is -3.15. The van der Waals surface area contributed by atoms with Crippen LogP contribution in [-0.2, 0) is 11.2 Å². The number of rotatable bonds is 7. The second-order valence-electron chi connectivity index (χ2n) is 6.72. The van der Waals surface area contributed by atoms with Crippen molar-refractivity contribution in [3.8, 4) is 0 Å². The molecule has 27 heavy (non-hydrogen) atoms. The summed E-state index contributed by atoms with van der Waals surface area (Å²) >= 11 is 0. The van der Waals surface area contributed by atoms with Crippen molar-refractivity contribution in [2.75, 3.05) is 20.6 Å². The van der Waals surface area contributed by atoms with Crippen molar-refractivity contribution in [1.82, 2.24) is 10.2 Å². The van der Waals surface area contributed by atoms with E-state index in [-0.39, 0.29) is 18.4 Å². The molecule has 1 unspecified atom stereocenters. The number of benzene rings is 2. The topological polar surface area (TPSA) is 86.7 Å². The van der Waals surface area contributed by atoms with Crippen molar-refractivity contribution < 1.29 is 19.5 Å². The molecule has 1 atom stereocenters. The van der Waals surface area contributed by atoms with Crippen molar-refractivity contribution in [3.63, 3.8) is 0 Å². The fourth-order valence-corrected chi connectivity index (χ4v) is 2.71. The number of carbonyl (C=O) groups excluding carboxylic acids is 2. The first kappa shape index (κ1) is 20.2. The van der Waals surface area contributed by atoms with Gasteiger partial charge in [0.2, 0.25) is 0 Å². The van der Waals surface area contributed by atoms with Gasteiger partial charge in [0.1, 0.15) is 0 Å². The van der Waals surface area contributed by atoms with Gasteiger partial charge in [-0.1, -0.05) is 29.8 Å². The number of carboxylic acids is 1. The minimum Gasteiger partial charge on any atom is -0.481 e. The first-order chi connectivity index (χ1) is 12.8. The molecular weight excluding hydrogens is 344 g/mol. The van der Waals surface area contributed by atoms with Crippen LogP contribution in [0.3, 0.4) is 0 Å². The zero-order valence-corrected chi connectivity index (χ0v) is 15.7. The Morgan fingerprint density at radius 1 is 1.04 bits per heavy atom. The number of hydrogen-bond acceptors (Lipinski definition) is 3. The van der Waals surface area contributed by atoms with Crippen molar-refractivity contribution in [3.05, 3.63) is 70.8 Å². The smallest absolute Gasteiger partial charge is 0.308 e. The van der Waals surface area contributed by atoms with E-state index in [2.05, 4.69) is 5.32 Å². The number of hydrogen-bond donors (Lipinski definition) is 2. The van der Waals surface area contributed by atoms with E-state index in [1.807, 2.05) is 31.2 Å². The molecule has 0 radical (unpaired) electrons. The number of carbonyl (C=O) groups is 3. The highest BCUT2D eigenvalue weighted by atomic mass is 16.4. The van der Waals surface area contributed by atoms with E-state index >= 15 is 0 Å². The summed E-state index contributed by atoms with van der Waals surface area (Å²) in [6.07, 6.45) is 0.341. The lowest BCUT2D eigenvalue weighted by Crippen LogP contribution is -2.34. The predicted octanol–water partition coefficient (Wildman–Crippen LogP) is 2.37. The van der Waals surface area contributed by atoms with Gasteiger partial charge < -0.3 is 15.3 Å². The van der Waals surface area contributed by atoms with E-state index in [1.165, 1.54) is 4.90 Å². The number of carboxylic acid groups (broad SMARTS) is 1. The highest BCUT2D eigenvalue weighted by Gasteiger charge is 2.19. The average Bonchev–Trinajstić information content (AvgIpc) is 2.64. The number of nitrogens with zero attached hydrogens (tertiary/aromatic N) is 1. The molecule has 2 aromatic rings. The molecule has 142 valence electrons. The summed E-state index contributed by atoms with van der Waals surface area (Å²) in [6.45, 7) is 1.98. The van der Waals surface area contributed by atoms with Crippen LogP contribution in [-0.4, -0.2) is 48.4 Å². The molecule has 2 aromatic carbocycles. The Labute approximate surface area is 158 Å². The number of aryl methyl sites for hydroxylation is 1. The zero-order chi connectivity index (χ0) is 20.0. The van der Waals surface area contributed by atoms with Gasteiger partial charge in [0.05, 0.1) is 5.92 Å². The molecule has 0 fully saturated rings. The first-order valence-corrected chi connectivity index (χ1v) is 8.66. The van der Waals surface area contributed by atoms with Gasteiger partial charge in [-0.05, 0) is 43.2 Å². The normalized spacial score (nSPS) is 11.5. The van der Waals surface area contributed by atoms with E-state index in [4.69, 9.17) is 0 Å². The Kier molecular flexibility index (Phi) is 6.71. The number of nitrogens with one attached hydrogen (secondary N) is 1. The van der Waals surface area contributed by atoms with E-state index in [1.54, 1.807) is 38.4 Å². The molecule has 0 saturated heterocycles. The van der Waals surface area contributed by atoms with Gasteiger partial charge in [0, 0.05) is 31.8 Å². The lowest BCUT2D eigenvalue weighted by molar-refractivity contribution is -0.141. The molecule has 6 heteroatoms. The lowest BCUT2D eigenvalue weighted by atomic mass is 9.98. The first-order valence-electron chi connectivity index (χ1n) is 8.66. The molecule has 0 aliphatic carbocycles. The summed E-state index contributed by atoms with van der Waals surface area (Å²) in [6, 6.07) is 13.9. The summed E-state index contributed by atoms with van der Waals surface area (Å²) in [4.78, 5) is 37.2. The van der Waals surface area contributed by atoms with Crippen LogP contribution in [0.1, 0.15) is 31.8 Å². The van der Waals surface area contributed by atoms with Crippen LogP contribution in [0.25, 0.3) is 0 Å². The molecular formula is C21H24N2O4. The Bertz CT molecular complexity index is 828. The Balaban J connectivity index is 1.99. The second-order valence-corrected chi connectivity index (χ2v) is 6.72. The fraction of sp³-hybridized carbons (Fsp3) is 0.286. The summed E-state index contributed by atoms with van der Waals surface area (Å²) in [5.41, 5.74) is 2.85. The summed E-state index contributed by atoms with van der Waals surface area (Å²) in [7, 11) is 3.31. The van der Waals surface area contributed by atoms with Crippen molar-refractivity contribution >= 4 is 17.8 Å². The highest BCUT2D eigenvalue weighted by Crippen LogP contribution is 2.12. The molecule has 0 saturated carbocycles. The molecule has 0 heterocycles. The SMILES string of the molecule is Cc1cccc(CC(CNC(=O)c2ccc(C(=O)N(C)C)cc2)C(=O)O)c1. The molecule has 0 aliphatic rings. The van der Waals surface area contributed by atoms with Crippen LogP contribution in [0.5, 0.6) is 0 Å². The highest BCUT2D eigenvalue weighted by molar-refractivity contribution is 5.97. The predicted molar refractivity (Wildman–Crippen MR) is 103 cm³/mol. The summed E-state index contributed by atoms with van der Waals surface area (Å²) < 4.78 is 0. The van der Waals surface area contributed by atoms with Gasteiger partial charge in [-0.15, -0.1) is 0 Å². The van der Waals surface area contributed by atoms with Gasteiger partial charge in [-0.3, -0.25) is 14.4 Å². The van der Waals surface area contributed by atoms with Gasteiger partial charge >= 0.3 is 5.97 Å². The Morgan fingerprint density at radius 2 is 1.67 bits per heavy atom. The van der Waals surface area contributed by atoms with Crippen LogP contribution in [0, 0.1) is 12.8 Å². The fourth-order valence-electron chi connectivity index (χ4n) is 2.71. The van der Waals surface area contributed by atoms with Gasteiger partial charge in [-0.25, -0.2) is 0 Å². The van der Waals surface area contributed by atoms with Gasteiger partial charge in [0.25, 0.3) is 11.8 Å². The van der Waals surface area contributed by atoms with Crippen molar-refractivity contribution in [1.29, 1.82) is 0 Å². The molecule has 0 spiro atoms. The molecule has 0 bridgehead atoms. The van der Waals surface area contributed by atoms with Crippen molar-refractivity contribution in [2.45, 2.75) is 13.3 Å². The van der Waals surface area contributed by atoms with E-state index in [9.17, 15) is 19.5 Å². The van der Waals surface area contributed by atoms with Crippen molar-refractivity contribution in [2.24, 2.45) is 5.92 Å². The lowest BCUT2D eigenvalue weighted by Gasteiger charge is -2.14. The molecule has 6 nitrogen and oxygen atoms in total. The number of aliphatic carboxylic acids is 1. The maximum atomic E-state index is 12.3. The number of amides is 2. The van der Waals surface area contributed by atoms with Crippen LogP contribution in [0.2, 0.25) is 0 Å². The third-order valence-corrected chi connectivity index (χ3v) is 4.22. The van der Waals surface area contributed by atoms with E-state index < -0.39 is 11.9 Å². The third kappa shape index (κ3) is 5.67.